The number of hydrogen-bond donors (Lipinski definition) is 0. The number of benzene rings is 12. The van der Waals surface area contributed by atoms with Crippen molar-refractivity contribution in [2.24, 2.45) is 0 Å². The minimum atomic E-state index is -0.560. The van der Waals surface area contributed by atoms with Crippen molar-refractivity contribution in [1.82, 2.24) is 0 Å². The Labute approximate surface area is 409 Å². The molecule has 12 aromatic rings. The van der Waals surface area contributed by atoms with E-state index in [1.54, 1.807) is 0 Å². The lowest BCUT2D eigenvalue weighted by Crippen LogP contribution is -2.28. The fourth-order valence-corrected chi connectivity index (χ4v) is 11.5. The summed E-state index contributed by atoms with van der Waals surface area (Å²) < 4.78 is 0. The average Bonchev–Trinajstić information content (AvgIpc) is 3.74. The Morgan fingerprint density at radius 1 is 0.229 bits per heavy atom. The summed E-state index contributed by atoms with van der Waals surface area (Å²) in [5, 5.41) is 4.90. The van der Waals surface area contributed by atoms with E-state index in [9.17, 15) is 0 Å². The van der Waals surface area contributed by atoms with E-state index in [-0.39, 0.29) is 0 Å². The summed E-state index contributed by atoms with van der Waals surface area (Å²) in [6.45, 7) is 0. The van der Waals surface area contributed by atoms with E-state index in [0.717, 1.165) is 17.1 Å². The van der Waals surface area contributed by atoms with Gasteiger partial charge in [0.1, 0.15) is 0 Å². The van der Waals surface area contributed by atoms with Gasteiger partial charge in [-0.2, -0.15) is 0 Å². The molecule has 0 unspecified atom stereocenters. The fraction of sp³-hybridized carbons (Fsp3) is 0.0145. The Balaban J connectivity index is 1.13. The molecular formula is C69H47N. The molecule has 70 heavy (non-hydrogen) atoms. The van der Waals surface area contributed by atoms with Crippen LogP contribution < -0.4 is 4.90 Å². The third-order valence-corrected chi connectivity index (χ3v) is 14.5. The first-order valence-corrected chi connectivity index (χ1v) is 24.3. The fourth-order valence-electron chi connectivity index (χ4n) is 11.5. The largest absolute Gasteiger partial charge is 0.310 e. The van der Waals surface area contributed by atoms with Crippen molar-refractivity contribution >= 4 is 38.6 Å². The highest BCUT2D eigenvalue weighted by molar-refractivity contribution is 6.22. The van der Waals surface area contributed by atoms with E-state index in [1.165, 1.54) is 99.4 Å². The third-order valence-electron chi connectivity index (χ3n) is 14.5. The molecule has 0 saturated carbocycles. The first kappa shape index (κ1) is 41.2. The minimum absolute atomic E-state index is 0.560. The summed E-state index contributed by atoms with van der Waals surface area (Å²) >= 11 is 0. The topological polar surface area (TPSA) is 3.24 Å². The van der Waals surface area contributed by atoms with Crippen molar-refractivity contribution in [2.75, 3.05) is 4.90 Å². The van der Waals surface area contributed by atoms with Crippen LogP contribution in [0.1, 0.15) is 22.3 Å². The molecule has 1 aliphatic rings. The molecular weight excluding hydrogens is 843 g/mol. The number of rotatable bonds is 9. The molecule has 0 radical (unpaired) electrons. The average molecular weight is 890 g/mol. The van der Waals surface area contributed by atoms with Gasteiger partial charge in [-0.1, -0.05) is 249 Å². The van der Waals surface area contributed by atoms with Crippen LogP contribution >= 0.6 is 0 Å². The van der Waals surface area contributed by atoms with Gasteiger partial charge in [0.05, 0.1) is 5.41 Å². The van der Waals surface area contributed by atoms with Crippen molar-refractivity contribution < 1.29 is 0 Å². The lowest BCUT2D eigenvalue weighted by atomic mass is 9.67. The van der Waals surface area contributed by atoms with Gasteiger partial charge in [0.15, 0.2) is 0 Å². The van der Waals surface area contributed by atoms with Crippen LogP contribution in [0.25, 0.3) is 77.2 Å². The Morgan fingerprint density at radius 3 is 1.23 bits per heavy atom. The molecule has 0 N–H and O–H groups in total. The van der Waals surface area contributed by atoms with Crippen LogP contribution in [-0.4, -0.2) is 0 Å². The molecule has 13 rings (SSSR count). The molecule has 0 spiro atoms. The predicted molar refractivity (Wildman–Crippen MR) is 295 cm³/mol. The Bertz CT molecular complexity index is 3810. The lowest BCUT2D eigenvalue weighted by molar-refractivity contribution is 0.768. The van der Waals surface area contributed by atoms with Crippen LogP contribution in [-0.2, 0) is 5.41 Å². The normalized spacial score (nSPS) is 12.4. The van der Waals surface area contributed by atoms with E-state index in [0.29, 0.717) is 0 Å². The van der Waals surface area contributed by atoms with E-state index >= 15 is 0 Å². The van der Waals surface area contributed by atoms with E-state index < -0.39 is 5.41 Å². The zero-order valence-corrected chi connectivity index (χ0v) is 38.6. The minimum Gasteiger partial charge on any atom is -0.310 e. The van der Waals surface area contributed by atoms with Gasteiger partial charge in [-0.3, -0.25) is 0 Å². The number of fused-ring (bicyclic) bond motifs is 6. The number of nitrogens with zero attached hydrogens (tertiary/aromatic N) is 1. The van der Waals surface area contributed by atoms with E-state index in [4.69, 9.17) is 0 Å². The van der Waals surface area contributed by atoms with Crippen molar-refractivity contribution in [1.29, 1.82) is 0 Å². The van der Waals surface area contributed by atoms with Crippen LogP contribution in [0.15, 0.2) is 285 Å². The van der Waals surface area contributed by atoms with Crippen LogP contribution in [0.2, 0.25) is 0 Å². The Hall–Kier alpha value is -9.04. The molecule has 0 aliphatic heterocycles. The highest BCUT2D eigenvalue weighted by Crippen LogP contribution is 2.58. The first-order chi connectivity index (χ1) is 34.8. The highest BCUT2D eigenvalue weighted by Gasteiger charge is 2.46. The summed E-state index contributed by atoms with van der Waals surface area (Å²) in [7, 11) is 0. The molecule has 0 heterocycles. The summed E-state index contributed by atoms with van der Waals surface area (Å²) in [4.78, 5) is 2.50. The van der Waals surface area contributed by atoms with E-state index in [2.05, 4.69) is 290 Å². The molecule has 1 aliphatic carbocycles. The Kier molecular flexibility index (Phi) is 10.1. The van der Waals surface area contributed by atoms with E-state index in [1.807, 2.05) is 0 Å². The van der Waals surface area contributed by atoms with Gasteiger partial charge >= 0.3 is 0 Å². The smallest absolute Gasteiger partial charge is 0.0714 e. The maximum absolute atomic E-state index is 2.50. The second-order valence-corrected chi connectivity index (χ2v) is 18.3. The summed E-state index contributed by atoms with van der Waals surface area (Å²) in [5.41, 5.74) is 19.8. The monoisotopic (exact) mass is 889 g/mol. The SMILES string of the molecule is c1ccc(-c2ccc(N(c3ccc4c(c3)C(c3ccccc3)(c3ccccc3)c3ccccc3-4)c3ccc4c(c3)c(-c3ccccc3)c(-c3ccccc3)c3ccccc34)cc2-c2ccccc2)cc1. The molecule has 0 atom stereocenters. The van der Waals surface area contributed by atoms with Gasteiger partial charge in [0.2, 0.25) is 0 Å². The first-order valence-electron chi connectivity index (χ1n) is 24.3. The quantitative estimate of drug-likeness (QED) is 0.131. The second kappa shape index (κ2) is 17.2. The zero-order valence-electron chi connectivity index (χ0n) is 38.6. The van der Waals surface area contributed by atoms with Crippen molar-refractivity contribution in [2.45, 2.75) is 5.41 Å². The van der Waals surface area contributed by atoms with Gasteiger partial charge in [0.25, 0.3) is 0 Å². The van der Waals surface area contributed by atoms with Crippen LogP contribution in [0.5, 0.6) is 0 Å². The molecule has 1 heteroatoms. The molecule has 0 aromatic heterocycles. The molecule has 0 fully saturated rings. The van der Waals surface area contributed by atoms with Gasteiger partial charge in [-0.25, -0.2) is 0 Å². The van der Waals surface area contributed by atoms with Crippen LogP contribution in [0.4, 0.5) is 17.1 Å². The Morgan fingerprint density at radius 2 is 0.629 bits per heavy atom. The lowest BCUT2D eigenvalue weighted by Gasteiger charge is -2.35. The van der Waals surface area contributed by atoms with Crippen molar-refractivity contribution in [3.63, 3.8) is 0 Å². The maximum Gasteiger partial charge on any atom is 0.0714 e. The van der Waals surface area contributed by atoms with Crippen molar-refractivity contribution in [3.8, 4) is 55.6 Å². The summed E-state index contributed by atoms with van der Waals surface area (Å²) in [5.74, 6) is 0. The molecule has 12 aromatic carbocycles. The third kappa shape index (κ3) is 6.70. The number of anilines is 3. The van der Waals surface area contributed by atoms with Gasteiger partial charge < -0.3 is 4.90 Å². The highest BCUT2D eigenvalue weighted by atomic mass is 15.1. The van der Waals surface area contributed by atoms with Crippen LogP contribution in [0, 0.1) is 0 Å². The molecule has 0 saturated heterocycles. The summed E-state index contributed by atoms with van der Waals surface area (Å²) in [6, 6.07) is 105. The zero-order chi connectivity index (χ0) is 46.4. The van der Waals surface area contributed by atoms with Gasteiger partial charge in [0, 0.05) is 17.1 Å². The molecule has 328 valence electrons. The van der Waals surface area contributed by atoms with Crippen LogP contribution in [0.3, 0.4) is 0 Å². The molecule has 0 amide bonds. The molecule has 1 nitrogen and oxygen atoms in total. The maximum atomic E-state index is 2.50. The van der Waals surface area contributed by atoms with Crippen molar-refractivity contribution in [3.05, 3.63) is 307 Å². The van der Waals surface area contributed by atoms with Gasteiger partial charge in [-0.05, 0) is 136 Å². The van der Waals surface area contributed by atoms with Gasteiger partial charge in [-0.15, -0.1) is 0 Å². The molecule has 0 bridgehead atoms. The predicted octanol–water partition coefficient (Wildman–Crippen LogP) is 18.5. The number of hydrogen-bond acceptors (Lipinski definition) is 1. The standard InChI is InChI=1S/C69H47N/c1-7-23-48(24-8-1)57-42-39-54(45-63(57)49-25-9-2-10-26-49)70(56-41-44-61-60-36-21-22-38-65(60)69(66(61)47-56,52-31-15-5-16-32-52)53-33-17-6-18-34-53)55-40-43-59-58-35-19-20-37-62(58)67(50-27-11-3-12-28-50)68(64(59)46-55)51-29-13-4-14-30-51/h1-47H. The summed E-state index contributed by atoms with van der Waals surface area (Å²) in [6.07, 6.45) is 0. The second-order valence-electron chi connectivity index (χ2n) is 18.3.